The molecule has 0 saturated heterocycles. The molecule has 2 aliphatic rings. The molecule has 1 heterocycles. The summed E-state index contributed by atoms with van der Waals surface area (Å²) in [7, 11) is 0. The van der Waals surface area contributed by atoms with Gasteiger partial charge in [-0.25, -0.2) is 0 Å². The van der Waals surface area contributed by atoms with E-state index in [9.17, 15) is 9.59 Å². The molecular formula is C22H23ClN2O4. The molecule has 1 fully saturated rings. The Hall–Kier alpha value is -2.73. The van der Waals surface area contributed by atoms with Crippen molar-refractivity contribution in [1.82, 2.24) is 5.32 Å². The van der Waals surface area contributed by atoms with Crippen LogP contribution in [0.2, 0.25) is 5.02 Å². The number of rotatable bonds is 5. The summed E-state index contributed by atoms with van der Waals surface area (Å²) in [6.45, 7) is 0.898. The topological polar surface area (TPSA) is 76.7 Å². The number of nitrogens with one attached hydrogen (secondary N) is 2. The average Bonchev–Trinajstić information content (AvgIpc) is 3.21. The lowest BCUT2D eigenvalue weighted by Crippen LogP contribution is -2.33. The summed E-state index contributed by atoms with van der Waals surface area (Å²) in [4.78, 5) is 25.3. The maximum absolute atomic E-state index is 12.7. The highest BCUT2D eigenvalue weighted by molar-refractivity contribution is 6.32. The molecule has 0 aromatic heterocycles. The van der Waals surface area contributed by atoms with E-state index in [-0.39, 0.29) is 24.3 Å². The van der Waals surface area contributed by atoms with E-state index in [0.717, 1.165) is 25.7 Å². The zero-order chi connectivity index (χ0) is 20.2. The van der Waals surface area contributed by atoms with E-state index in [0.29, 0.717) is 46.5 Å². The third-order valence-corrected chi connectivity index (χ3v) is 5.44. The largest absolute Gasteiger partial charge is 0.486 e. The van der Waals surface area contributed by atoms with Gasteiger partial charge >= 0.3 is 0 Å². The number of ether oxygens (including phenoxy) is 2. The third-order valence-electron chi connectivity index (χ3n) is 5.16. The minimum atomic E-state index is -0.237. The van der Waals surface area contributed by atoms with Gasteiger partial charge in [-0.2, -0.15) is 0 Å². The lowest BCUT2D eigenvalue weighted by molar-refractivity contribution is -0.115. The summed E-state index contributed by atoms with van der Waals surface area (Å²) >= 11 is 6.25. The van der Waals surface area contributed by atoms with Gasteiger partial charge in [-0.15, -0.1) is 0 Å². The summed E-state index contributed by atoms with van der Waals surface area (Å²) < 4.78 is 11.1. The Morgan fingerprint density at radius 1 is 1.07 bits per heavy atom. The van der Waals surface area contributed by atoms with Crippen molar-refractivity contribution in [1.29, 1.82) is 0 Å². The van der Waals surface area contributed by atoms with E-state index in [1.165, 1.54) is 0 Å². The number of anilines is 1. The van der Waals surface area contributed by atoms with Gasteiger partial charge in [0.25, 0.3) is 5.91 Å². The van der Waals surface area contributed by atoms with E-state index in [2.05, 4.69) is 10.6 Å². The Kier molecular flexibility index (Phi) is 5.90. The fourth-order valence-electron chi connectivity index (χ4n) is 3.77. The van der Waals surface area contributed by atoms with E-state index in [4.69, 9.17) is 21.1 Å². The molecule has 0 spiro atoms. The van der Waals surface area contributed by atoms with Gasteiger partial charge in [0.15, 0.2) is 11.5 Å². The number of hydrogen-bond donors (Lipinski definition) is 2. The van der Waals surface area contributed by atoms with Crippen LogP contribution in [0.25, 0.3) is 0 Å². The molecule has 1 saturated carbocycles. The van der Waals surface area contributed by atoms with E-state index in [1.807, 2.05) is 0 Å². The van der Waals surface area contributed by atoms with Crippen LogP contribution in [0.1, 0.15) is 41.6 Å². The molecule has 2 aromatic carbocycles. The number of hydrogen-bond acceptors (Lipinski definition) is 4. The van der Waals surface area contributed by atoms with Crippen LogP contribution in [0.4, 0.5) is 5.69 Å². The average molecular weight is 415 g/mol. The Bertz CT molecular complexity index is 925. The van der Waals surface area contributed by atoms with Gasteiger partial charge in [0, 0.05) is 6.04 Å². The smallest absolute Gasteiger partial charge is 0.253 e. The van der Waals surface area contributed by atoms with Crippen LogP contribution in [-0.2, 0) is 11.2 Å². The summed E-state index contributed by atoms with van der Waals surface area (Å²) in [5, 5.41) is 6.33. The molecule has 6 nitrogen and oxygen atoms in total. The normalized spacial score (nSPS) is 15.8. The highest BCUT2D eigenvalue weighted by Crippen LogP contribution is 2.38. The molecule has 0 bridgehead atoms. The lowest BCUT2D eigenvalue weighted by Gasteiger charge is -2.20. The summed E-state index contributed by atoms with van der Waals surface area (Å²) in [6, 6.07) is 10.7. The molecule has 4 rings (SSSR count). The second-order valence-corrected chi connectivity index (χ2v) is 7.73. The zero-order valence-corrected chi connectivity index (χ0v) is 16.8. The van der Waals surface area contributed by atoms with Crippen LogP contribution in [-0.4, -0.2) is 31.1 Å². The van der Waals surface area contributed by atoms with Crippen molar-refractivity contribution in [2.75, 3.05) is 18.5 Å². The minimum Gasteiger partial charge on any atom is -0.486 e. The quantitative estimate of drug-likeness (QED) is 0.776. The van der Waals surface area contributed by atoms with Crippen LogP contribution in [0.5, 0.6) is 11.5 Å². The Balaban J connectivity index is 1.45. The molecular weight excluding hydrogens is 392 g/mol. The number of benzene rings is 2. The summed E-state index contributed by atoms with van der Waals surface area (Å²) in [5.41, 5.74) is 1.68. The lowest BCUT2D eigenvalue weighted by atomic mass is 10.1. The number of carbonyl (C=O) groups excluding carboxylic acids is 2. The Labute approximate surface area is 174 Å². The van der Waals surface area contributed by atoms with Gasteiger partial charge in [0.2, 0.25) is 5.91 Å². The van der Waals surface area contributed by atoms with Gasteiger partial charge in [0.1, 0.15) is 13.2 Å². The molecule has 1 aliphatic carbocycles. The molecule has 0 unspecified atom stereocenters. The van der Waals surface area contributed by atoms with Crippen LogP contribution in [0.15, 0.2) is 36.4 Å². The molecule has 29 heavy (non-hydrogen) atoms. The first kappa shape index (κ1) is 19.6. The first-order valence-corrected chi connectivity index (χ1v) is 10.3. The molecule has 2 aromatic rings. The first-order valence-electron chi connectivity index (χ1n) is 9.88. The maximum Gasteiger partial charge on any atom is 0.253 e. The number of para-hydroxylation sites is 1. The van der Waals surface area contributed by atoms with Crippen LogP contribution in [0, 0.1) is 0 Å². The molecule has 1 aliphatic heterocycles. The summed E-state index contributed by atoms with van der Waals surface area (Å²) in [5.74, 6) is 0.660. The number of halogens is 1. The van der Waals surface area contributed by atoms with E-state index >= 15 is 0 Å². The van der Waals surface area contributed by atoms with Gasteiger partial charge in [-0.05, 0) is 42.7 Å². The van der Waals surface area contributed by atoms with E-state index < -0.39 is 0 Å². The monoisotopic (exact) mass is 414 g/mol. The molecule has 2 N–H and O–H groups in total. The molecule has 7 heteroatoms. The van der Waals surface area contributed by atoms with Crippen molar-refractivity contribution < 1.29 is 19.1 Å². The third kappa shape index (κ3) is 4.65. The predicted octanol–water partition coefficient (Wildman–Crippen LogP) is 3.96. The van der Waals surface area contributed by atoms with Gasteiger partial charge < -0.3 is 20.1 Å². The molecule has 2 amide bonds. The number of fused-ring (bicyclic) bond motifs is 1. The van der Waals surface area contributed by atoms with Crippen molar-refractivity contribution in [3.8, 4) is 11.5 Å². The zero-order valence-electron chi connectivity index (χ0n) is 16.0. The molecule has 0 atom stereocenters. The van der Waals surface area contributed by atoms with Crippen molar-refractivity contribution in [2.45, 2.75) is 38.1 Å². The minimum absolute atomic E-state index is 0.106. The van der Waals surface area contributed by atoms with Crippen molar-refractivity contribution in [3.05, 3.63) is 52.5 Å². The number of amides is 2. The Morgan fingerprint density at radius 3 is 2.66 bits per heavy atom. The van der Waals surface area contributed by atoms with Gasteiger partial charge in [0.05, 0.1) is 22.7 Å². The van der Waals surface area contributed by atoms with Gasteiger partial charge in [-0.3, -0.25) is 9.59 Å². The predicted molar refractivity (Wildman–Crippen MR) is 111 cm³/mol. The van der Waals surface area contributed by atoms with Gasteiger partial charge in [-0.1, -0.05) is 36.6 Å². The molecule has 0 radical (unpaired) electrons. The highest BCUT2D eigenvalue weighted by atomic mass is 35.5. The van der Waals surface area contributed by atoms with Crippen molar-refractivity contribution in [2.24, 2.45) is 0 Å². The molecule has 152 valence electrons. The second-order valence-electron chi connectivity index (χ2n) is 7.33. The summed E-state index contributed by atoms with van der Waals surface area (Å²) in [6.07, 6.45) is 4.40. The highest BCUT2D eigenvalue weighted by Gasteiger charge is 2.21. The maximum atomic E-state index is 12.7. The fourth-order valence-corrected chi connectivity index (χ4v) is 4.06. The van der Waals surface area contributed by atoms with E-state index in [1.54, 1.807) is 36.4 Å². The van der Waals surface area contributed by atoms with Crippen LogP contribution in [0.3, 0.4) is 0 Å². The SMILES string of the molecule is O=C(Cc1cc(Cl)c2c(c1)OCCO2)Nc1ccccc1C(=O)NC1CCCC1. The first-order chi connectivity index (χ1) is 14.1. The van der Waals surface area contributed by atoms with Crippen LogP contribution < -0.4 is 20.1 Å². The van der Waals surface area contributed by atoms with Crippen molar-refractivity contribution >= 4 is 29.1 Å². The second kappa shape index (κ2) is 8.74. The van der Waals surface area contributed by atoms with Crippen LogP contribution >= 0.6 is 11.6 Å². The number of carbonyl (C=O) groups is 2. The fraction of sp³-hybridized carbons (Fsp3) is 0.364. The standard InChI is InChI=1S/C22H23ClN2O4/c23-17-11-14(12-19-21(17)29-10-9-28-19)13-20(26)25-18-8-4-3-7-16(18)22(27)24-15-5-1-2-6-15/h3-4,7-8,11-12,15H,1-2,5-6,9-10,13H2,(H,24,27)(H,25,26). The van der Waals surface area contributed by atoms with Crippen molar-refractivity contribution in [3.63, 3.8) is 0 Å². The Morgan fingerprint density at radius 2 is 1.83 bits per heavy atom.